The number of carbonyl (C=O) groups is 2. The van der Waals surface area contributed by atoms with Crippen molar-refractivity contribution in [3.8, 4) is 0 Å². The predicted molar refractivity (Wildman–Crippen MR) is 108 cm³/mol. The Bertz CT molecular complexity index is 1070. The first-order valence-electron chi connectivity index (χ1n) is 9.39. The van der Waals surface area contributed by atoms with Crippen LogP contribution in [0.1, 0.15) is 39.6 Å². The zero-order valence-corrected chi connectivity index (χ0v) is 15.9. The summed E-state index contributed by atoms with van der Waals surface area (Å²) in [6, 6.07) is 16.7. The molecule has 0 radical (unpaired) electrons. The highest BCUT2D eigenvalue weighted by atomic mass is 19.1. The van der Waals surface area contributed by atoms with Crippen LogP contribution < -0.4 is 10.2 Å². The van der Waals surface area contributed by atoms with E-state index in [0.29, 0.717) is 16.8 Å². The fourth-order valence-corrected chi connectivity index (χ4v) is 3.54. The Morgan fingerprint density at radius 1 is 1.14 bits per heavy atom. The second-order valence-electron chi connectivity index (χ2n) is 7.07. The minimum atomic E-state index is -0.492. The first-order valence-corrected chi connectivity index (χ1v) is 9.39. The zero-order chi connectivity index (χ0) is 20.4. The molecule has 1 aliphatic heterocycles. The lowest BCUT2D eigenvalue weighted by atomic mass is 10.1. The zero-order valence-electron chi connectivity index (χ0n) is 15.9. The molecule has 2 heterocycles. The minimum Gasteiger partial charge on any atom is -0.352 e. The van der Waals surface area contributed by atoms with E-state index in [1.165, 1.54) is 12.1 Å². The molecule has 0 saturated heterocycles. The minimum absolute atomic E-state index is 0.0684. The molecule has 1 atom stereocenters. The Morgan fingerprint density at radius 2 is 1.93 bits per heavy atom. The monoisotopic (exact) mass is 389 g/mol. The molecule has 0 saturated carbocycles. The number of pyridine rings is 1. The molecule has 1 N–H and O–H groups in total. The first kappa shape index (κ1) is 18.8. The smallest absolute Gasteiger partial charge is 0.260 e. The van der Waals surface area contributed by atoms with Crippen molar-refractivity contribution in [1.29, 1.82) is 0 Å². The number of amides is 2. The van der Waals surface area contributed by atoms with Gasteiger partial charge in [-0.1, -0.05) is 29.8 Å². The molecule has 0 bridgehead atoms. The number of nitrogens with zero attached hydrogens (tertiary/aromatic N) is 2. The first-order chi connectivity index (χ1) is 14.0. The van der Waals surface area contributed by atoms with E-state index in [9.17, 15) is 14.0 Å². The second-order valence-corrected chi connectivity index (χ2v) is 7.07. The summed E-state index contributed by atoms with van der Waals surface area (Å²) in [6.45, 7) is 2.19. The van der Waals surface area contributed by atoms with Gasteiger partial charge in [0.1, 0.15) is 5.82 Å². The number of hydrogen-bond acceptors (Lipinski definition) is 3. The van der Waals surface area contributed by atoms with Gasteiger partial charge in [0.25, 0.3) is 5.91 Å². The van der Waals surface area contributed by atoms with Gasteiger partial charge in [0.05, 0.1) is 23.7 Å². The number of anilines is 1. The Labute approximate surface area is 168 Å². The standard InChI is InChI=1S/C23H20FN3O2/c1-15-7-9-18(10-8-15)27-20(22-19(23(27)29)6-3-11-25-22)13-21(28)26-14-16-4-2-5-17(24)12-16/h2-12,20H,13-14H2,1H3,(H,26,28)/t20-/m1/s1. The Balaban J connectivity index is 1.56. The molecule has 5 nitrogen and oxygen atoms in total. The van der Waals surface area contributed by atoms with Crippen LogP contribution >= 0.6 is 0 Å². The van der Waals surface area contributed by atoms with Gasteiger partial charge in [-0.05, 0) is 48.9 Å². The third-order valence-electron chi connectivity index (χ3n) is 4.98. The van der Waals surface area contributed by atoms with E-state index in [-0.39, 0.29) is 30.6 Å². The lowest BCUT2D eigenvalue weighted by Gasteiger charge is -2.24. The number of hydrogen-bond donors (Lipinski definition) is 1. The van der Waals surface area contributed by atoms with Gasteiger partial charge < -0.3 is 5.32 Å². The van der Waals surface area contributed by atoms with Gasteiger partial charge in [0, 0.05) is 18.4 Å². The normalized spacial score (nSPS) is 15.3. The summed E-state index contributed by atoms with van der Waals surface area (Å²) in [4.78, 5) is 31.6. The molecule has 3 aromatic rings. The predicted octanol–water partition coefficient (Wildman–Crippen LogP) is 3.94. The number of rotatable bonds is 5. The van der Waals surface area contributed by atoms with E-state index in [2.05, 4.69) is 10.3 Å². The molecule has 2 aromatic carbocycles. The summed E-state index contributed by atoms with van der Waals surface area (Å²) in [6.07, 6.45) is 1.70. The van der Waals surface area contributed by atoms with Gasteiger partial charge in [-0.15, -0.1) is 0 Å². The van der Waals surface area contributed by atoms with Crippen molar-refractivity contribution in [3.63, 3.8) is 0 Å². The summed E-state index contributed by atoms with van der Waals surface area (Å²) in [7, 11) is 0. The quantitative estimate of drug-likeness (QED) is 0.719. The van der Waals surface area contributed by atoms with Crippen molar-refractivity contribution in [2.75, 3.05) is 4.90 Å². The fourth-order valence-electron chi connectivity index (χ4n) is 3.54. The Hall–Kier alpha value is -3.54. The molecule has 2 amide bonds. The van der Waals surface area contributed by atoms with Crippen LogP contribution in [-0.2, 0) is 11.3 Å². The maximum absolute atomic E-state index is 13.3. The molecule has 0 spiro atoms. The second kappa shape index (κ2) is 7.83. The number of fused-ring (bicyclic) bond motifs is 1. The van der Waals surface area contributed by atoms with Crippen molar-refractivity contribution in [2.45, 2.75) is 25.9 Å². The number of aryl methyl sites for hydroxylation is 1. The molecule has 0 fully saturated rings. The van der Waals surface area contributed by atoms with Gasteiger partial charge in [0.15, 0.2) is 0 Å². The molecule has 4 rings (SSSR count). The highest BCUT2D eigenvalue weighted by Crippen LogP contribution is 2.38. The number of benzene rings is 2. The molecule has 146 valence electrons. The van der Waals surface area contributed by atoms with Crippen LogP contribution in [0.4, 0.5) is 10.1 Å². The molecule has 1 aliphatic rings. The number of carbonyl (C=O) groups excluding carboxylic acids is 2. The van der Waals surface area contributed by atoms with Crippen molar-refractivity contribution in [3.05, 3.63) is 95.1 Å². The van der Waals surface area contributed by atoms with E-state index in [1.807, 2.05) is 31.2 Å². The topological polar surface area (TPSA) is 62.3 Å². The average molecular weight is 389 g/mol. The van der Waals surface area contributed by atoms with Gasteiger partial charge in [0.2, 0.25) is 5.91 Å². The summed E-state index contributed by atoms with van der Waals surface area (Å²) in [5, 5.41) is 2.81. The maximum Gasteiger partial charge on any atom is 0.260 e. The van der Waals surface area contributed by atoms with Crippen molar-refractivity contribution >= 4 is 17.5 Å². The molecular formula is C23H20FN3O2. The number of nitrogens with one attached hydrogen (secondary N) is 1. The van der Waals surface area contributed by atoms with E-state index in [0.717, 1.165) is 11.3 Å². The van der Waals surface area contributed by atoms with Crippen LogP contribution in [0.2, 0.25) is 0 Å². The van der Waals surface area contributed by atoms with Gasteiger partial charge in [-0.3, -0.25) is 19.5 Å². The summed E-state index contributed by atoms with van der Waals surface area (Å²) < 4.78 is 13.3. The van der Waals surface area contributed by atoms with Gasteiger partial charge in [-0.25, -0.2) is 4.39 Å². The Kier molecular flexibility index (Phi) is 5.08. The van der Waals surface area contributed by atoms with E-state index in [4.69, 9.17) is 0 Å². The third kappa shape index (κ3) is 3.87. The Morgan fingerprint density at radius 3 is 2.69 bits per heavy atom. The molecule has 29 heavy (non-hydrogen) atoms. The molecule has 6 heteroatoms. The summed E-state index contributed by atoms with van der Waals surface area (Å²) in [5.41, 5.74) is 3.59. The molecule has 1 aromatic heterocycles. The SMILES string of the molecule is Cc1ccc(N2C(=O)c3cccnc3[C@H]2CC(=O)NCc2cccc(F)c2)cc1. The number of aromatic nitrogens is 1. The highest BCUT2D eigenvalue weighted by molar-refractivity contribution is 6.11. The van der Waals surface area contributed by atoms with E-state index < -0.39 is 6.04 Å². The molecular weight excluding hydrogens is 369 g/mol. The summed E-state index contributed by atoms with van der Waals surface area (Å²) in [5.74, 6) is -0.746. The fraction of sp³-hybridized carbons (Fsp3) is 0.174. The molecule has 0 aliphatic carbocycles. The number of halogens is 1. The van der Waals surface area contributed by atoms with Crippen LogP contribution in [0.5, 0.6) is 0 Å². The largest absolute Gasteiger partial charge is 0.352 e. The third-order valence-corrected chi connectivity index (χ3v) is 4.98. The van der Waals surface area contributed by atoms with Crippen LogP contribution in [0, 0.1) is 12.7 Å². The van der Waals surface area contributed by atoms with Gasteiger partial charge in [-0.2, -0.15) is 0 Å². The van der Waals surface area contributed by atoms with Gasteiger partial charge >= 0.3 is 0 Å². The average Bonchev–Trinajstić information content (AvgIpc) is 2.99. The van der Waals surface area contributed by atoms with E-state index in [1.54, 1.807) is 35.4 Å². The van der Waals surface area contributed by atoms with Crippen molar-refractivity contribution in [2.24, 2.45) is 0 Å². The molecule has 0 unspecified atom stereocenters. The lowest BCUT2D eigenvalue weighted by Crippen LogP contribution is -2.33. The lowest BCUT2D eigenvalue weighted by molar-refractivity contribution is -0.121. The van der Waals surface area contributed by atoms with Crippen LogP contribution in [0.3, 0.4) is 0 Å². The van der Waals surface area contributed by atoms with Crippen LogP contribution in [0.25, 0.3) is 0 Å². The van der Waals surface area contributed by atoms with Crippen LogP contribution in [-0.4, -0.2) is 16.8 Å². The van der Waals surface area contributed by atoms with Crippen molar-refractivity contribution in [1.82, 2.24) is 10.3 Å². The maximum atomic E-state index is 13.3. The summed E-state index contributed by atoms with van der Waals surface area (Å²) >= 11 is 0. The van der Waals surface area contributed by atoms with Crippen LogP contribution in [0.15, 0.2) is 66.9 Å². The van der Waals surface area contributed by atoms with E-state index >= 15 is 0 Å². The highest BCUT2D eigenvalue weighted by Gasteiger charge is 2.39. The van der Waals surface area contributed by atoms with Crippen molar-refractivity contribution < 1.29 is 14.0 Å².